The normalized spacial score (nSPS) is 11.8. The summed E-state index contributed by atoms with van der Waals surface area (Å²) in [6.07, 6.45) is 0.606. The summed E-state index contributed by atoms with van der Waals surface area (Å²) >= 11 is 0. The Hall–Kier alpha value is -0.940. The molecule has 0 saturated heterocycles. The number of halogens is 1. The van der Waals surface area contributed by atoms with Gasteiger partial charge in [0, 0.05) is 12.3 Å². The molecular weight excluding hydrogens is 265 g/mol. The monoisotopic (exact) mass is 287 g/mol. The zero-order valence-corrected chi connectivity index (χ0v) is 12.6. The third kappa shape index (κ3) is 5.28. The van der Waals surface area contributed by atoms with Crippen LogP contribution < -0.4 is 5.32 Å². The number of nitrogens with one attached hydrogen (secondary N) is 1. The van der Waals surface area contributed by atoms with Crippen molar-refractivity contribution in [3.8, 4) is 0 Å². The number of benzene rings is 1. The van der Waals surface area contributed by atoms with E-state index in [-0.39, 0.29) is 17.3 Å². The van der Waals surface area contributed by atoms with Crippen LogP contribution in [0.2, 0.25) is 0 Å². The molecule has 0 radical (unpaired) electrons. The van der Waals surface area contributed by atoms with E-state index in [1.807, 2.05) is 12.1 Å². The van der Waals surface area contributed by atoms with Gasteiger partial charge in [-0.1, -0.05) is 19.1 Å². The summed E-state index contributed by atoms with van der Waals surface area (Å²) < 4.78 is 36.0. The smallest absolute Gasteiger partial charge is 0.150 e. The molecule has 1 aromatic carbocycles. The second-order valence-corrected chi connectivity index (χ2v) is 7.28. The highest BCUT2D eigenvalue weighted by atomic mass is 32.2. The van der Waals surface area contributed by atoms with Crippen LogP contribution in [0.15, 0.2) is 12.1 Å². The van der Waals surface area contributed by atoms with Gasteiger partial charge in [0.2, 0.25) is 0 Å². The van der Waals surface area contributed by atoms with Gasteiger partial charge >= 0.3 is 0 Å². The molecule has 1 rings (SSSR count). The molecule has 0 aliphatic carbocycles. The van der Waals surface area contributed by atoms with Crippen LogP contribution in [0.5, 0.6) is 0 Å². The highest BCUT2D eigenvalue weighted by molar-refractivity contribution is 7.91. The molecule has 5 heteroatoms. The molecule has 0 aromatic heterocycles. The molecule has 108 valence electrons. The fourth-order valence-electron chi connectivity index (χ4n) is 1.93. The zero-order chi connectivity index (χ0) is 14.5. The Kier molecular flexibility index (Phi) is 5.94. The van der Waals surface area contributed by atoms with Crippen LogP contribution in [0.25, 0.3) is 0 Å². The van der Waals surface area contributed by atoms with Gasteiger partial charge < -0.3 is 5.32 Å². The van der Waals surface area contributed by atoms with E-state index in [1.54, 1.807) is 20.8 Å². The predicted octanol–water partition coefficient (Wildman–Crippen LogP) is 2.36. The third-order valence-corrected chi connectivity index (χ3v) is 4.86. The SMILES string of the molecule is CCS(=O)(=O)CCCNCc1cc(C)c(F)c(C)c1. The Balaban J connectivity index is 2.38. The Morgan fingerprint density at radius 3 is 2.32 bits per heavy atom. The molecule has 0 aliphatic heterocycles. The Labute approximate surface area is 115 Å². The molecule has 0 heterocycles. The Bertz CT molecular complexity index is 503. The average molecular weight is 287 g/mol. The summed E-state index contributed by atoms with van der Waals surface area (Å²) in [5, 5.41) is 3.19. The first kappa shape index (κ1) is 16.1. The fraction of sp³-hybridized carbons (Fsp3) is 0.571. The van der Waals surface area contributed by atoms with Crippen molar-refractivity contribution in [3.63, 3.8) is 0 Å². The van der Waals surface area contributed by atoms with Gasteiger partial charge in [0.25, 0.3) is 0 Å². The van der Waals surface area contributed by atoms with E-state index < -0.39 is 9.84 Å². The highest BCUT2D eigenvalue weighted by Gasteiger charge is 2.07. The van der Waals surface area contributed by atoms with Crippen molar-refractivity contribution in [2.75, 3.05) is 18.1 Å². The quantitative estimate of drug-likeness (QED) is 0.783. The van der Waals surface area contributed by atoms with Crippen molar-refractivity contribution < 1.29 is 12.8 Å². The molecule has 0 bridgehead atoms. The van der Waals surface area contributed by atoms with Crippen molar-refractivity contribution in [3.05, 3.63) is 34.6 Å². The number of rotatable bonds is 7. The molecule has 0 fully saturated rings. The van der Waals surface area contributed by atoms with E-state index >= 15 is 0 Å². The Morgan fingerprint density at radius 1 is 1.21 bits per heavy atom. The standard InChI is InChI=1S/C14H22FNO2S/c1-4-19(17,18)7-5-6-16-10-13-8-11(2)14(15)12(3)9-13/h8-9,16H,4-7,10H2,1-3H3. The van der Waals surface area contributed by atoms with E-state index in [1.165, 1.54) is 0 Å². The van der Waals surface area contributed by atoms with Crippen LogP contribution in [0.4, 0.5) is 4.39 Å². The van der Waals surface area contributed by atoms with Crippen LogP contribution in [-0.4, -0.2) is 26.5 Å². The maximum absolute atomic E-state index is 13.4. The zero-order valence-electron chi connectivity index (χ0n) is 11.8. The molecular formula is C14H22FNO2S. The lowest BCUT2D eigenvalue weighted by molar-refractivity contribution is 0.589. The van der Waals surface area contributed by atoms with E-state index in [9.17, 15) is 12.8 Å². The van der Waals surface area contributed by atoms with Gasteiger partial charge in [-0.25, -0.2) is 12.8 Å². The van der Waals surface area contributed by atoms with Crippen LogP contribution >= 0.6 is 0 Å². The molecule has 0 unspecified atom stereocenters. The van der Waals surface area contributed by atoms with Gasteiger partial charge in [-0.3, -0.25) is 0 Å². The van der Waals surface area contributed by atoms with Crippen LogP contribution in [-0.2, 0) is 16.4 Å². The molecule has 0 atom stereocenters. The van der Waals surface area contributed by atoms with Crippen LogP contribution in [0.1, 0.15) is 30.0 Å². The maximum Gasteiger partial charge on any atom is 0.150 e. The largest absolute Gasteiger partial charge is 0.313 e. The first-order chi connectivity index (χ1) is 8.85. The van der Waals surface area contributed by atoms with E-state index in [2.05, 4.69) is 5.32 Å². The van der Waals surface area contributed by atoms with Gasteiger partial charge in [-0.15, -0.1) is 0 Å². The topological polar surface area (TPSA) is 46.2 Å². The van der Waals surface area contributed by atoms with Crippen LogP contribution in [0, 0.1) is 19.7 Å². The lowest BCUT2D eigenvalue weighted by Gasteiger charge is -2.08. The lowest BCUT2D eigenvalue weighted by atomic mass is 10.1. The van der Waals surface area contributed by atoms with Crippen molar-refractivity contribution in [2.24, 2.45) is 0 Å². The summed E-state index contributed by atoms with van der Waals surface area (Å²) in [5.74, 6) is 0.263. The molecule has 19 heavy (non-hydrogen) atoms. The van der Waals surface area contributed by atoms with Crippen molar-refractivity contribution in [1.82, 2.24) is 5.32 Å². The predicted molar refractivity (Wildman–Crippen MR) is 76.5 cm³/mol. The van der Waals surface area contributed by atoms with Gasteiger partial charge in [0.15, 0.2) is 0 Å². The van der Waals surface area contributed by atoms with Crippen molar-refractivity contribution >= 4 is 9.84 Å². The number of sulfone groups is 1. The number of hydrogen-bond donors (Lipinski definition) is 1. The first-order valence-corrected chi connectivity index (χ1v) is 8.34. The highest BCUT2D eigenvalue weighted by Crippen LogP contribution is 2.14. The maximum atomic E-state index is 13.4. The lowest BCUT2D eigenvalue weighted by Crippen LogP contribution is -2.19. The van der Waals surface area contributed by atoms with Gasteiger partial charge in [-0.2, -0.15) is 0 Å². The van der Waals surface area contributed by atoms with Crippen molar-refractivity contribution in [1.29, 1.82) is 0 Å². The van der Waals surface area contributed by atoms with Crippen LogP contribution in [0.3, 0.4) is 0 Å². The summed E-state index contributed by atoms with van der Waals surface area (Å²) in [4.78, 5) is 0. The van der Waals surface area contributed by atoms with E-state index in [4.69, 9.17) is 0 Å². The molecule has 0 saturated carbocycles. The molecule has 1 N–H and O–H groups in total. The summed E-state index contributed by atoms with van der Waals surface area (Å²) in [5.41, 5.74) is 2.31. The van der Waals surface area contributed by atoms with Gasteiger partial charge in [0.05, 0.1) is 5.75 Å². The minimum Gasteiger partial charge on any atom is -0.313 e. The second kappa shape index (κ2) is 7.01. The minimum absolute atomic E-state index is 0.155. The minimum atomic E-state index is -2.87. The second-order valence-electron chi connectivity index (χ2n) is 4.81. The van der Waals surface area contributed by atoms with E-state index in [0.29, 0.717) is 30.6 Å². The average Bonchev–Trinajstić information content (AvgIpc) is 2.35. The fourth-order valence-corrected chi connectivity index (χ4v) is 2.80. The van der Waals surface area contributed by atoms with Gasteiger partial charge in [-0.05, 0) is 43.5 Å². The summed E-state index contributed by atoms with van der Waals surface area (Å²) in [6.45, 7) is 6.44. The molecule has 1 aromatic rings. The summed E-state index contributed by atoms with van der Waals surface area (Å²) in [7, 11) is -2.87. The number of hydrogen-bond acceptors (Lipinski definition) is 3. The third-order valence-electron chi connectivity index (χ3n) is 3.07. The van der Waals surface area contributed by atoms with Gasteiger partial charge in [0.1, 0.15) is 15.7 Å². The van der Waals surface area contributed by atoms with Crippen molar-refractivity contribution in [2.45, 2.75) is 33.7 Å². The molecule has 0 spiro atoms. The summed E-state index contributed by atoms with van der Waals surface area (Å²) in [6, 6.07) is 3.64. The molecule has 3 nitrogen and oxygen atoms in total. The molecule has 0 aliphatic rings. The first-order valence-electron chi connectivity index (χ1n) is 6.52. The van der Waals surface area contributed by atoms with E-state index in [0.717, 1.165) is 5.56 Å². The number of aryl methyl sites for hydroxylation is 2. The Morgan fingerprint density at radius 2 is 1.79 bits per heavy atom. The molecule has 0 amide bonds.